The van der Waals surface area contributed by atoms with Gasteiger partial charge in [0.05, 0.1) is 13.1 Å². The van der Waals surface area contributed by atoms with E-state index < -0.39 is 5.60 Å². The molecule has 2 saturated heterocycles. The van der Waals surface area contributed by atoms with Gasteiger partial charge in [-0.2, -0.15) is 0 Å². The molecule has 1 spiro atoms. The van der Waals surface area contributed by atoms with E-state index in [1.165, 1.54) is 10.5 Å². The van der Waals surface area contributed by atoms with Crippen LogP contribution in [0.25, 0.3) is 0 Å². The molecule has 0 bridgehead atoms. The maximum absolute atomic E-state index is 12.5. The standard InChI is InChI=1S/C20H29N3O4/c1-3-16-5-4-6-17(13-16)26-12-11-22(2)18(24)14-23-15-20(27-19(23)25)7-9-21-10-8-20/h4-6,13,21H,3,7-12,14-15H2,1-2H3. The van der Waals surface area contributed by atoms with Crippen molar-refractivity contribution in [2.75, 3.05) is 46.4 Å². The van der Waals surface area contributed by atoms with Gasteiger partial charge < -0.3 is 19.7 Å². The number of aryl methyl sites for hydroxylation is 1. The molecule has 0 aliphatic carbocycles. The average Bonchev–Trinajstić information content (AvgIpc) is 2.96. The van der Waals surface area contributed by atoms with Gasteiger partial charge in [0.1, 0.15) is 24.5 Å². The van der Waals surface area contributed by atoms with Gasteiger partial charge in [0.2, 0.25) is 5.91 Å². The summed E-state index contributed by atoms with van der Waals surface area (Å²) in [5.41, 5.74) is 0.797. The number of hydrogen-bond donors (Lipinski definition) is 1. The molecule has 0 radical (unpaired) electrons. The molecule has 27 heavy (non-hydrogen) atoms. The van der Waals surface area contributed by atoms with Gasteiger partial charge in [0.25, 0.3) is 0 Å². The Kier molecular flexibility index (Phi) is 6.21. The van der Waals surface area contributed by atoms with Crippen molar-refractivity contribution in [3.8, 4) is 5.75 Å². The number of benzene rings is 1. The number of hydrogen-bond acceptors (Lipinski definition) is 5. The zero-order chi connectivity index (χ0) is 19.3. The lowest BCUT2D eigenvalue weighted by Crippen LogP contribution is -2.46. The number of amides is 2. The first-order valence-corrected chi connectivity index (χ1v) is 9.66. The molecule has 3 rings (SSSR count). The number of carbonyl (C=O) groups excluding carboxylic acids is 2. The summed E-state index contributed by atoms with van der Waals surface area (Å²) in [5.74, 6) is 0.704. The average molecular weight is 375 g/mol. The van der Waals surface area contributed by atoms with Gasteiger partial charge in [-0.3, -0.25) is 9.69 Å². The van der Waals surface area contributed by atoms with E-state index in [2.05, 4.69) is 18.3 Å². The summed E-state index contributed by atoms with van der Waals surface area (Å²) < 4.78 is 11.3. The second-order valence-electron chi connectivity index (χ2n) is 7.32. The van der Waals surface area contributed by atoms with Crippen LogP contribution in [0.5, 0.6) is 5.75 Å². The molecule has 2 aliphatic rings. The van der Waals surface area contributed by atoms with Crippen LogP contribution in [0.15, 0.2) is 24.3 Å². The summed E-state index contributed by atoms with van der Waals surface area (Å²) in [6, 6.07) is 7.96. The van der Waals surface area contributed by atoms with Crippen LogP contribution >= 0.6 is 0 Å². The van der Waals surface area contributed by atoms with Crippen molar-refractivity contribution in [3.63, 3.8) is 0 Å². The fourth-order valence-electron chi connectivity index (χ4n) is 3.52. The largest absolute Gasteiger partial charge is 0.492 e. The van der Waals surface area contributed by atoms with Crippen molar-refractivity contribution >= 4 is 12.0 Å². The van der Waals surface area contributed by atoms with E-state index in [1.54, 1.807) is 11.9 Å². The molecule has 0 atom stereocenters. The van der Waals surface area contributed by atoms with Gasteiger partial charge in [-0.15, -0.1) is 0 Å². The van der Waals surface area contributed by atoms with Crippen molar-refractivity contribution in [3.05, 3.63) is 29.8 Å². The van der Waals surface area contributed by atoms with Crippen LogP contribution in [0.1, 0.15) is 25.3 Å². The van der Waals surface area contributed by atoms with E-state index in [4.69, 9.17) is 9.47 Å². The summed E-state index contributed by atoms with van der Waals surface area (Å²) in [4.78, 5) is 27.7. The third kappa shape index (κ3) is 4.91. The Labute approximate surface area is 160 Å². The highest BCUT2D eigenvalue weighted by molar-refractivity contribution is 5.83. The Balaban J connectivity index is 1.44. The molecule has 0 unspecified atom stereocenters. The van der Waals surface area contributed by atoms with Gasteiger partial charge >= 0.3 is 6.09 Å². The van der Waals surface area contributed by atoms with Crippen molar-refractivity contribution in [2.45, 2.75) is 31.8 Å². The molecule has 1 aromatic rings. The SMILES string of the molecule is CCc1cccc(OCCN(C)C(=O)CN2CC3(CCNCC3)OC2=O)c1. The van der Waals surface area contributed by atoms with Crippen LogP contribution in [0.3, 0.4) is 0 Å². The van der Waals surface area contributed by atoms with E-state index >= 15 is 0 Å². The third-order valence-corrected chi connectivity index (χ3v) is 5.31. The minimum Gasteiger partial charge on any atom is -0.492 e. The van der Waals surface area contributed by atoms with Gasteiger partial charge in [-0.05, 0) is 37.2 Å². The second-order valence-corrected chi connectivity index (χ2v) is 7.32. The Morgan fingerprint density at radius 2 is 2.15 bits per heavy atom. The number of carbonyl (C=O) groups is 2. The van der Waals surface area contributed by atoms with Crippen molar-refractivity contribution in [2.24, 2.45) is 0 Å². The van der Waals surface area contributed by atoms with E-state index in [0.29, 0.717) is 19.7 Å². The quantitative estimate of drug-likeness (QED) is 0.785. The molecular weight excluding hydrogens is 346 g/mol. The first-order valence-electron chi connectivity index (χ1n) is 9.66. The van der Waals surface area contributed by atoms with Crippen LogP contribution in [-0.4, -0.2) is 73.8 Å². The summed E-state index contributed by atoms with van der Waals surface area (Å²) in [7, 11) is 1.73. The Hall–Kier alpha value is -2.28. The van der Waals surface area contributed by atoms with Crippen LogP contribution in [0.4, 0.5) is 4.79 Å². The highest BCUT2D eigenvalue weighted by atomic mass is 16.6. The minimum absolute atomic E-state index is 0.0514. The van der Waals surface area contributed by atoms with Crippen molar-refractivity contribution < 1.29 is 19.1 Å². The second kappa shape index (κ2) is 8.61. The molecule has 2 aliphatic heterocycles. The molecule has 2 heterocycles. The molecular formula is C20H29N3O4. The maximum Gasteiger partial charge on any atom is 0.410 e. The monoisotopic (exact) mass is 375 g/mol. The summed E-state index contributed by atoms with van der Waals surface area (Å²) in [6.45, 7) is 5.20. The van der Waals surface area contributed by atoms with Crippen LogP contribution < -0.4 is 10.1 Å². The summed E-state index contributed by atoms with van der Waals surface area (Å²) >= 11 is 0. The normalized spacial score (nSPS) is 18.4. The molecule has 1 aromatic carbocycles. The fourth-order valence-corrected chi connectivity index (χ4v) is 3.52. The Bertz CT molecular complexity index is 673. The maximum atomic E-state index is 12.5. The number of likely N-dealkylation sites (N-methyl/N-ethyl adjacent to an activating group) is 1. The smallest absolute Gasteiger partial charge is 0.410 e. The number of rotatable bonds is 7. The topological polar surface area (TPSA) is 71.1 Å². The van der Waals surface area contributed by atoms with Crippen LogP contribution in [0.2, 0.25) is 0 Å². The van der Waals surface area contributed by atoms with Gasteiger partial charge in [-0.25, -0.2) is 4.79 Å². The Morgan fingerprint density at radius 3 is 2.89 bits per heavy atom. The minimum atomic E-state index is -0.422. The molecule has 2 amide bonds. The molecule has 148 valence electrons. The first-order chi connectivity index (χ1) is 13.0. The number of ether oxygens (including phenoxy) is 2. The lowest BCUT2D eigenvalue weighted by molar-refractivity contribution is -0.130. The highest BCUT2D eigenvalue weighted by Gasteiger charge is 2.46. The van der Waals surface area contributed by atoms with Gasteiger partial charge in [0.15, 0.2) is 0 Å². The van der Waals surface area contributed by atoms with Gasteiger partial charge in [-0.1, -0.05) is 19.1 Å². The first kappa shape index (κ1) is 19.5. The fraction of sp³-hybridized carbons (Fsp3) is 0.600. The molecule has 2 fully saturated rings. The summed E-state index contributed by atoms with van der Waals surface area (Å²) in [6.07, 6.45) is 2.17. The van der Waals surface area contributed by atoms with Gasteiger partial charge in [0, 0.05) is 19.9 Å². The molecule has 0 aromatic heterocycles. The Morgan fingerprint density at radius 1 is 1.37 bits per heavy atom. The predicted octanol–water partition coefficient (Wildman–Crippen LogP) is 1.66. The van der Waals surface area contributed by atoms with E-state index in [1.807, 2.05) is 18.2 Å². The van der Waals surface area contributed by atoms with Crippen LogP contribution in [0, 0.1) is 0 Å². The predicted molar refractivity (Wildman–Crippen MR) is 102 cm³/mol. The summed E-state index contributed by atoms with van der Waals surface area (Å²) in [5, 5.41) is 3.27. The molecule has 0 saturated carbocycles. The number of piperidine rings is 1. The molecule has 7 nitrogen and oxygen atoms in total. The lowest BCUT2D eigenvalue weighted by atomic mass is 9.92. The zero-order valence-corrected chi connectivity index (χ0v) is 16.2. The van der Waals surface area contributed by atoms with E-state index in [0.717, 1.165) is 38.1 Å². The molecule has 1 N–H and O–H groups in total. The van der Waals surface area contributed by atoms with Crippen molar-refractivity contribution in [1.29, 1.82) is 0 Å². The number of nitrogens with one attached hydrogen (secondary N) is 1. The van der Waals surface area contributed by atoms with E-state index in [9.17, 15) is 9.59 Å². The third-order valence-electron chi connectivity index (χ3n) is 5.31. The lowest BCUT2D eigenvalue weighted by Gasteiger charge is -2.31. The van der Waals surface area contributed by atoms with Crippen LogP contribution in [-0.2, 0) is 16.0 Å². The zero-order valence-electron chi connectivity index (χ0n) is 16.2. The molecule has 7 heteroatoms. The highest BCUT2D eigenvalue weighted by Crippen LogP contribution is 2.30. The number of nitrogens with zero attached hydrogens (tertiary/aromatic N) is 2. The van der Waals surface area contributed by atoms with E-state index in [-0.39, 0.29) is 18.5 Å². The van der Waals surface area contributed by atoms with Crippen molar-refractivity contribution in [1.82, 2.24) is 15.1 Å².